The molecule has 0 spiro atoms. The summed E-state index contributed by atoms with van der Waals surface area (Å²) in [5, 5.41) is 6.37. The fourth-order valence-electron chi connectivity index (χ4n) is 6.20. The number of anilines is 2. The highest BCUT2D eigenvalue weighted by Gasteiger charge is 2.24. The van der Waals surface area contributed by atoms with Crippen LogP contribution >= 0.6 is 46.0 Å². The number of nitrogens with one attached hydrogen (secondary N) is 1. The third kappa shape index (κ3) is 6.27. The summed E-state index contributed by atoms with van der Waals surface area (Å²) >= 11 is 10.6. The van der Waals surface area contributed by atoms with Gasteiger partial charge in [-0.15, -0.1) is 0 Å². The van der Waals surface area contributed by atoms with E-state index in [1.807, 2.05) is 12.1 Å². The Morgan fingerprint density at radius 2 is 1.43 bits per heavy atom. The van der Waals surface area contributed by atoms with Crippen LogP contribution in [0.15, 0.2) is 29.7 Å². The molecule has 2 aliphatic carbocycles. The molecule has 2 saturated carbocycles. The van der Waals surface area contributed by atoms with Crippen molar-refractivity contribution < 1.29 is 9.53 Å². The molecule has 9 nitrogen and oxygen atoms in total. The van der Waals surface area contributed by atoms with Crippen molar-refractivity contribution in [2.24, 2.45) is 0 Å². The number of halogens is 1. The highest BCUT2D eigenvalue weighted by Crippen LogP contribution is 2.42. The van der Waals surface area contributed by atoms with Gasteiger partial charge in [-0.2, -0.15) is 0 Å². The summed E-state index contributed by atoms with van der Waals surface area (Å²) in [6, 6.07) is 3.90. The average molecular weight is 666 g/mol. The molecule has 1 aliphatic heterocycles. The minimum absolute atomic E-state index is 0.162. The van der Waals surface area contributed by atoms with E-state index in [0.29, 0.717) is 35.0 Å². The van der Waals surface area contributed by atoms with Crippen LogP contribution in [-0.4, -0.2) is 42.1 Å². The predicted molar refractivity (Wildman–Crippen MR) is 178 cm³/mol. The van der Waals surface area contributed by atoms with Crippen molar-refractivity contribution in [3.8, 4) is 5.75 Å². The number of aromatic nitrogens is 6. The van der Waals surface area contributed by atoms with Crippen molar-refractivity contribution in [1.82, 2.24) is 29.9 Å². The first-order valence-electron chi connectivity index (χ1n) is 15.1. The van der Waals surface area contributed by atoms with Crippen LogP contribution in [0, 0.1) is 0 Å². The van der Waals surface area contributed by atoms with Gasteiger partial charge in [-0.05, 0) is 43.4 Å². The summed E-state index contributed by atoms with van der Waals surface area (Å²) in [4.78, 5) is 41.1. The minimum atomic E-state index is 0.162. The number of hydrogen-bond acceptors (Lipinski definition) is 12. The minimum Gasteiger partial charge on any atom is -0.495 e. The Labute approximate surface area is 272 Å². The quantitative estimate of drug-likeness (QED) is 0.183. The van der Waals surface area contributed by atoms with Crippen molar-refractivity contribution >= 4 is 83.4 Å². The fraction of sp³-hybridized carbons (Fsp3) is 0.452. The summed E-state index contributed by atoms with van der Waals surface area (Å²) < 4.78 is 5.55. The predicted octanol–water partition coefficient (Wildman–Crippen LogP) is 8.85. The number of ether oxygens (including phenoxy) is 1. The van der Waals surface area contributed by atoms with Gasteiger partial charge in [0.2, 0.25) is 0 Å². The van der Waals surface area contributed by atoms with E-state index in [2.05, 4.69) is 30.2 Å². The van der Waals surface area contributed by atoms with Gasteiger partial charge >= 0.3 is 0 Å². The summed E-state index contributed by atoms with van der Waals surface area (Å²) in [6.07, 6.45) is 16.3. The van der Waals surface area contributed by atoms with E-state index < -0.39 is 0 Å². The van der Waals surface area contributed by atoms with Crippen LogP contribution in [-0.2, 0) is 11.2 Å². The number of benzene rings is 1. The highest BCUT2D eigenvalue weighted by molar-refractivity contribution is 8.14. The van der Waals surface area contributed by atoms with Gasteiger partial charge in [-0.1, -0.05) is 84.6 Å². The van der Waals surface area contributed by atoms with Crippen LogP contribution in [0.25, 0.3) is 20.7 Å². The number of nitrogens with zero attached hydrogens (tertiary/aromatic N) is 6. The maximum absolute atomic E-state index is 11.8. The lowest BCUT2D eigenvalue weighted by Crippen LogP contribution is -2.04. The number of rotatable bonds is 5. The molecule has 0 saturated heterocycles. The molecule has 0 bridgehead atoms. The maximum atomic E-state index is 11.8. The molecule has 5 aromatic rings. The number of carbonyl (C=O) groups excluding carboxylic acids is 1. The molecule has 0 atom stereocenters. The standard InChI is InChI=1S/C20H20N4O2S2.C11H12ClN3S/c1-26-14-7-12-8-16(25)27-15(12)9-13(14)23-18-17-20(22-10-21-18)28-19(24-17)11-5-3-2-4-6-11;12-9-8-11(14-6-13-9)16-10(15-8)7-4-2-1-3-5-7/h7,9-11H,2-6,8H2,1H3,(H,21,22,23);6-7H,1-5H2. The molecule has 1 aromatic carbocycles. The molecule has 1 N–H and O–H groups in total. The third-order valence-corrected chi connectivity index (χ3v) is 12.0. The zero-order chi connectivity index (χ0) is 30.0. The second kappa shape index (κ2) is 13.2. The van der Waals surface area contributed by atoms with E-state index in [-0.39, 0.29) is 5.12 Å². The first-order valence-corrected chi connectivity index (χ1v) is 18.0. The van der Waals surface area contributed by atoms with Crippen LogP contribution in [0.4, 0.5) is 11.5 Å². The number of carbonyl (C=O) groups is 1. The van der Waals surface area contributed by atoms with Gasteiger partial charge in [0.25, 0.3) is 0 Å². The number of hydrogen-bond donors (Lipinski definition) is 1. The smallest absolute Gasteiger partial charge is 0.198 e. The van der Waals surface area contributed by atoms with E-state index >= 15 is 0 Å². The molecule has 13 heteroatoms. The summed E-state index contributed by atoms with van der Waals surface area (Å²) in [7, 11) is 1.64. The van der Waals surface area contributed by atoms with Gasteiger partial charge in [0.15, 0.2) is 16.1 Å². The van der Waals surface area contributed by atoms with E-state index in [1.54, 1.807) is 36.1 Å². The van der Waals surface area contributed by atoms with E-state index in [9.17, 15) is 4.79 Å². The Morgan fingerprint density at radius 3 is 2.07 bits per heavy atom. The second-order valence-corrected chi connectivity index (χ2v) is 14.9. The highest BCUT2D eigenvalue weighted by atomic mass is 35.5. The van der Waals surface area contributed by atoms with Gasteiger partial charge < -0.3 is 10.1 Å². The van der Waals surface area contributed by atoms with Gasteiger partial charge in [-0.25, -0.2) is 29.9 Å². The van der Waals surface area contributed by atoms with Crippen LogP contribution in [0.1, 0.15) is 91.6 Å². The van der Waals surface area contributed by atoms with Crippen LogP contribution < -0.4 is 10.1 Å². The molecule has 4 aromatic heterocycles. The molecular formula is C31H32ClN7O2S3. The number of fused-ring (bicyclic) bond motifs is 3. The maximum Gasteiger partial charge on any atom is 0.198 e. The zero-order valence-corrected chi connectivity index (χ0v) is 27.6. The second-order valence-electron chi connectivity index (χ2n) is 11.4. The molecular weight excluding hydrogens is 634 g/mol. The van der Waals surface area contributed by atoms with Gasteiger partial charge in [-0.3, -0.25) is 4.79 Å². The SMILES string of the molecule is COc1cc2c(cc1Nc1ncnc3sc(C4CCCCC4)nc13)SC(=O)C2.Clc1ncnc2sc(C3CCCCC3)nc12. The van der Waals surface area contributed by atoms with Crippen molar-refractivity contribution in [3.05, 3.63) is 45.5 Å². The van der Waals surface area contributed by atoms with Crippen molar-refractivity contribution in [1.29, 1.82) is 0 Å². The molecule has 5 heterocycles. The Bertz CT molecular complexity index is 1820. The Hall–Kier alpha value is -2.93. The molecule has 2 fully saturated rings. The topological polar surface area (TPSA) is 116 Å². The number of thioether (sulfide) groups is 1. The lowest BCUT2D eigenvalue weighted by Gasteiger charge is -2.18. The van der Waals surface area contributed by atoms with E-state index in [1.165, 1.54) is 92.3 Å². The Balaban J connectivity index is 0.000000165. The monoisotopic (exact) mass is 665 g/mol. The van der Waals surface area contributed by atoms with Crippen molar-refractivity contribution in [3.63, 3.8) is 0 Å². The van der Waals surface area contributed by atoms with Gasteiger partial charge in [0.1, 0.15) is 39.1 Å². The average Bonchev–Trinajstić information content (AvgIpc) is 3.79. The van der Waals surface area contributed by atoms with E-state index in [0.717, 1.165) is 36.8 Å². The molecule has 0 unspecified atom stereocenters. The third-order valence-electron chi connectivity index (χ3n) is 8.48. The number of thiazole rings is 2. The van der Waals surface area contributed by atoms with Gasteiger partial charge in [0.05, 0.1) is 22.8 Å². The Morgan fingerprint density at radius 1 is 0.818 bits per heavy atom. The lowest BCUT2D eigenvalue weighted by molar-refractivity contribution is -0.110. The first-order chi connectivity index (χ1) is 21.6. The van der Waals surface area contributed by atoms with Crippen LogP contribution in [0.2, 0.25) is 5.15 Å². The van der Waals surface area contributed by atoms with Crippen LogP contribution in [0.3, 0.4) is 0 Å². The zero-order valence-electron chi connectivity index (χ0n) is 24.3. The molecule has 44 heavy (non-hydrogen) atoms. The van der Waals surface area contributed by atoms with Crippen molar-refractivity contribution in [2.75, 3.05) is 12.4 Å². The Kier molecular flexibility index (Phi) is 8.93. The fourth-order valence-corrected chi connectivity index (χ4v) is 9.49. The van der Waals surface area contributed by atoms with E-state index in [4.69, 9.17) is 21.3 Å². The molecule has 8 rings (SSSR count). The van der Waals surface area contributed by atoms with Gasteiger partial charge in [0, 0.05) is 23.2 Å². The van der Waals surface area contributed by atoms with Crippen LogP contribution in [0.5, 0.6) is 5.75 Å². The lowest BCUT2D eigenvalue weighted by atomic mass is 9.90. The molecule has 228 valence electrons. The molecule has 0 amide bonds. The number of methoxy groups -OCH3 is 1. The normalized spacial score (nSPS) is 17.5. The molecule has 3 aliphatic rings. The summed E-state index contributed by atoms with van der Waals surface area (Å²) in [5.74, 6) is 2.53. The largest absolute Gasteiger partial charge is 0.495 e. The molecule has 0 radical (unpaired) electrons. The first kappa shape index (κ1) is 29.8. The summed E-state index contributed by atoms with van der Waals surface area (Å²) in [5.41, 5.74) is 3.38. The van der Waals surface area contributed by atoms with Crippen molar-refractivity contribution in [2.45, 2.75) is 87.4 Å². The summed E-state index contributed by atoms with van der Waals surface area (Å²) in [6.45, 7) is 0.